The Labute approximate surface area is 245 Å². The molecule has 0 bridgehead atoms. The standard InChI is InChI=1S/C40H23NS/c1-3-13-34-29(9-1)33-23-27(28-11-6-12-31-30-10-2-4-14-37(30)42-40(28)31)19-22-36(33)41(34)35-21-18-26-16-15-24-7-5-8-25-17-20-32(35)39(26)38(24)25/h1-23H. The van der Waals surface area contributed by atoms with Crippen molar-refractivity contribution in [1.82, 2.24) is 4.57 Å². The number of aromatic nitrogens is 1. The maximum atomic E-state index is 2.47. The maximum absolute atomic E-state index is 2.47. The van der Waals surface area contributed by atoms with E-state index in [0.717, 1.165) is 0 Å². The number of para-hydroxylation sites is 1. The Morgan fingerprint density at radius 1 is 0.429 bits per heavy atom. The van der Waals surface area contributed by atoms with Gasteiger partial charge in [-0.25, -0.2) is 0 Å². The highest BCUT2D eigenvalue weighted by Gasteiger charge is 2.18. The molecule has 0 unspecified atom stereocenters. The Hall–Kier alpha value is -5.18. The lowest BCUT2D eigenvalue weighted by molar-refractivity contribution is 1.20. The van der Waals surface area contributed by atoms with Crippen molar-refractivity contribution in [2.75, 3.05) is 0 Å². The smallest absolute Gasteiger partial charge is 0.0541 e. The summed E-state index contributed by atoms with van der Waals surface area (Å²) in [6.45, 7) is 0. The zero-order valence-corrected chi connectivity index (χ0v) is 23.5. The summed E-state index contributed by atoms with van der Waals surface area (Å²) in [6, 6.07) is 51.7. The quantitative estimate of drug-likeness (QED) is 0.189. The van der Waals surface area contributed by atoms with E-state index in [9.17, 15) is 0 Å². The van der Waals surface area contributed by atoms with Crippen LogP contribution in [0.3, 0.4) is 0 Å². The zero-order chi connectivity index (χ0) is 27.4. The molecule has 1 nitrogen and oxygen atoms in total. The van der Waals surface area contributed by atoms with E-state index in [2.05, 4.69) is 144 Å². The molecule has 0 saturated heterocycles. The fourth-order valence-electron chi connectivity index (χ4n) is 7.29. The van der Waals surface area contributed by atoms with Gasteiger partial charge in [0.1, 0.15) is 0 Å². The number of nitrogens with zero attached hydrogens (tertiary/aromatic N) is 1. The van der Waals surface area contributed by atoms with Crippen molar-refractivity contribution >= 4 is 85.6 Å². The molecule has 0 aliphatic carbocycles. The van der Waals surface area contributed by atoms with Crippen molar-refractivity contribution in [1.29, 1.82) is 0 Å². The van der Waals surface area contributed by atoms with Gasteiger partial charge in [0.2, 0.25) is 0 Å². The summed E-state index contributed by atoms with van der Waals surface area (Å²) in [7, 11) is 0. The zero-order valence-electron chi connectivity index (χ0n) is 22.6. The van der Waals surface area contributed by atoms with Crippen molar-refractivity contribution in [3.05, 3.63) is 140 Å². The molecule has 8 aromatic carbocycles. The molecule has 0 saturated carbocycles. The molecule has 42 heavy (non-hydrogen) atoms. The van der Waals surface area contributed by atoms with Gasteiger partial charge >= 0.3 is 0 Å². The Bertz CT molecular complexity index is 2670. The van der Waals surface area contributed by atoms with Crippen LogP contribution in [-0.2, 0) is 0 Å². The molecule has 0 aliphatic rings. The summed E-state index contributed by atoms with van der Waals surface area (Å²) in [5, 5.41) is 13.1. The van der Waals surface area contributed by atoms with Gasteiger partial charge in [-0.3, -0.25) is 0 Å². The van der Waals surface area contributed by atoms with E-state index in [0.29, 0.717) is 0 Å². The third-order valence-corrected chi connectivity index (χ3v) is 10.4. The first-order valence-electron chi connectivity index (χ1n) is 14.4. The van der Waals surface area contributed by atoms with Crippen LogP contribution >= 0.6 is 11.3 Å². The second-order valence-electron chi connectivity index (χ2n) is 11.3. The summed E-state index contributed by atoms with van der Waals surface area (Å²) in [6.07, 6.45) is 0. The normalized spacial score (nSPS) is 12.3. The first-order valence-corrected chi connectivity index (χ1v) is 15.3. The highest BCUT2D eigenvalue weighted by molar-refractivity contribution is 7.26. The molecule has 2 aromatic heterocycles. The Balaban J connectivity index is 1.28. The van der Waals surface area contributed by atoms with Crippen molar-refractivity contribution in [3.63, 3.8) is 0 Å². The van der Waals surface area contributed by atoms with Crippen molar-refractivity contribution in [2.24, 2.45) is 0 Å². The molecule has 2 heteroatoms. The number of rotatable bonds is 2. The molecule has 0 fully saturated rings. The van der Waals surface area contributed by atoms with Gasteiger partial charge in [-0.1, -0.05) is 109 Å². The molecular weight excluding hydrogens is 527 g/mol. The van der Waals surface area contributed by atoms with Crippen LogP contribution in [0.1, 0.15) is 0 Å². The van der Waals surface area contributed by atoms with Gasteiger partial charge in [-0.15, -0.1) is 11.3 Å². The Morgan fingerprint density at radius 3 is 2.02 bits per heavy atom. The van der Waals surface area contributed by atoms with Crippen LogP contribution in [0.4, 0.5) is 0 Å². The number of hydrogen-bond donors (Lipinski definition) is 0. The highest BCUT2D eigenvalue weighted by Crippen LogP contribution is 2.43. The van der Waals surface area contributed by atoms with Crippen molar-refractivity contribution in [3.8, 4) is 16.8 Å². The minimum Gasteiger partial charge on any atom is -0.309 e. The Kier molecular flexibility index (Phi) is 4.39. The molecule has 0 atom stereocenters. The summed E-state index contributed by atoms with van der Waals surface area (Å²) in [5.74, 6) is 0. The molecule has 0 aliphatic heterocycles. The number of benzene rings is 8. The van der Waals surface area contributed by atoms with Crippen LogP contribution < -0.4 is 0 Å². The van der Waals surface area contributed by atoms with Crippen LogP contribution in [0.2, 0.25) is 0 Å². The third-order valence-electron chi connectivity index (χ3n) is 9.13. The van der Waals surface area contributed by atoms with E-state index in [1.54, 1.807) is 0 Å². The average molecular weight is 550 g/mol. The van der Waals surface area contributed by atoms with Crippen molar-refractivity contribution in [2.45, 2.75) is 0 Å². The van der Waals surface area contributed by atoms with Gasteiger partial charge in [0.25, 0.3) is 0 Å². The molecule has 10 aromatic rings. The topological polar surface area (TPSA) is 4.93 Å². The van der Waals surface area contributed by atoms with Crippen LogP contribution in [-0.4, -0.2) is 4.57 Å². The molecule has 194 valence electrons. The summed E-state index contributed by atoms with van der Waals surface area (Å²) in [5.41, 5.74) is 6.26. The van der Waals surface area contributed by atoms with Gasteiger partial charge in [-0.05, 0) is 68.4 Å². The SMILES string of the molecule is c1cc2ccc3ccc(-n4c5ccccc5c5cc(-c6cccc7c6sc6ccccc67)ccc54)c4ccc(c1)c2c34. The van der Waals surface area contributed by atoms with E-state index < -0.39 is 0 Å². The largest absolute Gasteiger partial charge is 0.309 e. The fourth-order valence-corrected chi connectivity index (χ4v) is 8.53. The third kappa shape index (κ3) is 2.92. The Morgan fingerprint density at radius 2 is 1.12 bits per heavy atom. The van der Waals surface area contributed by atoms with Gasteiger partial charge < -0.3 is 4.57 Å². The average Bonchev–Trinajstić information content (AvgIpc) is 3.59. The lowest BCUT2D eigenvalue weighted by Gasteiger charge is -2.16. The van der Waals surface area contributed by atoms with E-state index in [4.69, 9.17) is 0 Å². The summed E-state index contributed by atoms with van der Waals surface area (Å²) >= 11 is 1.89. The molecule has 0 amide bonds. The van der Waals surface area contributed by atoms with E-state index in [1.165, 1.54) is 91.1 Å². The number of thiophene rings is 1. The van der Waals surface area contributed by atoms with Gasteiger partial charge in [0, 0.05) is 36.3 Å². The molecule has 10 rings (SSSR count). The van der Waals surface area contributed by atoms with Crippen LogP contribution in [0, 0.1) is 0 Å². The van der Waals surface area contributed by atoms with Gasteiger partial charge in [-0.2, -0.15) is 0 Å². The van der Waals surface area contributed by atoms with Crippen LogP contribution in [0.5, 0.6) is 0 Å². The predicted molar refractivity (Wildman–Crippen MR) is 183 cm³/mol. The monoisotopic (exact) mass is 549 g/mol. The van der Waals surface area contributed by atoms with Gasteiger partial charge in [0.15, 0.2) is 0 Å². The summed E-state index contributed by atoms with van der Waals surface area (Å²) in [4.78, 5) is 0. The lowest BCUT2D eigenvalue weighted by atomic mass is 9.93. The molecule has 0 spiro atoms. The van der Waals surface area contributed by atoms with E-state index >= 15 is 0 Å². The second-order valence-corrected chi connectivity index (χ2v) is 12.4. The first-order chi connectivity index (χ1) is 20.8. The first kappa shape index (κ1) is 22.5. The lowest BCUT2D eigenvalue weighted by Crippen LogP contribution is -1.96. The predicted octanol–water partition coefficient (Wildman–Crippen LogP) is 11.7. The van der Waals surface area contributed by atoms with E-state index in [-0.39, 0.29) is 0 Å². The number of fused-ring (bicyclic) bond motifs is 6. The molecular formula is C40H23NS. The minimum absolute atomic E-state index is 1.23. The molecule has 0 N–H and O–H groups in total. The van der Waals surface area contributed by atoms with E-state index in [1.807, 2.05) is 11.3 Å². The number of hydrogen-bond acceptors (Lipinski definition) is 1. The molecule has 0 radical (unpaired) electrons. The second kappa shape index (κ2) is 8.19. The fraction of sp³-hybridized carbons (Fsp3) is 0. The highest BCUT2D eigenvalue weighted by atomic mass is 32.1. The van der Waals surface area contributed by atoms with Gasteiger partial charge in [0.05, 0.1) is 16.7 Å². The summed E-state index contributed by atoms with van der Waals surface area (Å²) < 4.78 is 5.17. The van der Waals surface area contributed by atoms with Crippen LogP contribution in [0.25, 0.3) is 91.1 Å². The minimum atomic E-state index is 1.23. The van der Waals surface area contributed by atoms with Crippen LogP contribution in [0.15, 0.2) is 140 Å². The van der Waals surface area contributed by atoms with Crippen molar-refractivity contribution < 1.29 is 0 Å². The molecule has 2 heterocycles. The maximum Gasteiger partial charge on any atom is 0.0541 e.